The molecule has 5 heteroatoms. The van der Waals surface area contributed by atoms with Crippen LogP contribution in [0.2, 0.25) is 5.02 Å². The van der Waals surface area contributed by atoms with Crippen molar-refractivity contribution in [2.24, 2.45) is 0 Å². The van der Waals surface area contributed by atoms with Gasteiger partial charge >= 0.3 is 0 Å². The van der Waals surface area contributed by atoms with Crippen molar-refractivity contribution in [3.8, 4) is 9.88 Å². The van der Waals surface area contributed by atoms with Crippen LogP contribution in [0.15, 0.2) is 11.4 Å². The first-order valence-electron chi connectivity index (χ1n) is 6.25. The van der Waals surface area contributed by atoms with Gasteiger partial charge in [0, 0.05) is 10.3 Å². The standard InChI is InChI=1S/C13H15ClN2S2/c1-2-15-9-4-3-5-10-12(9)16-13(18-10)11-6-8(14)7-17-11/h6-7,9,15H,2-5H2,1H3. The fourth-order valence-corrected chi connectivity index (χ4v) is 4.70. The maximum atomic E-state index is 5.99. The molecule has 3 rings (SSSR count). The minimum atomic E-state index is 0.444. The van der Waals surface area contributed by atoms with E-state index >= 15 is 0 Å². The lowest BCUT2D eigenvalue weighted by molar-refractivity contribution is 0.465. The highest BCUT2D eigenvalue weighted by molar-refractivity contribution is 7.21. The number of nitrogens with zero attached hydrogens (tertiary/aromatic N) is 1. The van der Waals surface area contributed by atoms with E-state index in [2.05, 4.69) is 12.2 Å². The molecule has 2 aromatic heterocycles. The second kappa shape index (κ2) is 5.29. The molecule has 1 aliphatic rings. The van der Waals surface area contributed by atoms with Gasteiger partial charge in [-0.2, -0.15) is 0 Å². The van der Waals surface area contributed by atoms with Crippen LogP contribution in [0.5, 0.6) is 0 Å². The molecule has 0 spiro atoms. The van der Waals surface area contributed by atoms with Crippen LogP contribution in [0.25, 0.3) is 9.88 Å². The largest absolute Gasteiger partial charge is 0.309 e. The SMILES string of the molecule is CCNC1CCCc2sc(-c3cc(Cl)cs3)nc21. The van der Waals surface area contributed by atoms with E-state index in [9.17, 15) is 0 Å². The fourth-order valence-electron chi connectivity index (χ4n) is 2.39. The summed E-state index contributed by atoms with van der Waals surface area (Å²) in [6.07, 6.45) is 3.64. The quantitative estimate of drug-likeness (QED) is 0.901. The van der Waals surface area contributed by atoms with Crippen molar-refractivity contribution in [1.29, 1.82) is 0 Å². The summed E-state index contributed by atoms with van der Waals surface area (Å²) in [6.45, 7) is 3.16. The summed E-state index contributed by atoms with van der Waals surface area (Å²) >= 11 is 9.50. The van der Waals surface area contributed by atoms with Crippen LogP contribution in [0.3, 0.4) is 0 Å². The Morgan fingerprint density at radius 2 is 2.44 bits per heavy atom. The minimum absolute atomic E-state index is 0.444. The molecule has 0 saturated carbocycles. The third kappa shape index (κ3) is 2.35. The first-order chi connectivity index (χ1) is 8.78. The summed E-state index contributed by atoms with van der Waals surface area (Å²) in [7, 11) is 0. The maximum absolute atomic E-state index is 5.99. The molecule has 96 valence electrons. The molecule has 0 aromatic carbocycles. The van der Waals surface area contributed by atoms with E-state index < -0.39 is 0 Å². The van der Waals surface area contributed by atoms with Crippen molar-refractivity contribution < 1.29 is 0 Å². The molecular weight excluding hydrogens is 284 g/mol. The number of thiophene rings is 1. The summed E-state index contributed by atoms with van der Waals surface area (Å²) in [6, 6.07) is 2.46. The monoisotopic (exact) mass is 298 g/mol. The molecule has 1 N–H and O–H groups in total. The van der Waals surface area contributed by atoms with Crippen LogP contribution >= 0.6 is 34.3 Å². The number of aromatic nitrogens is 1. The summed E-state index contributed by atoms with van der Waals surface area (Å²) in [5.41, 5.74) is 1.27. The predicted octanol–water partition coefficient (Wildman–Crippen LogP) is 4.51. The van der Waals surface area contributed by atoms with E-state index in [-0.39, 0.29) is 0 Å². The van der Waals surface area contributed by atoms with Gasteiger partial charge in [-0.15, -0.1) is 22.7 Å². The second-order valence-electron chi connectivity index (χ2n) is 4.46. The average Bonchev–Trinajstić information content (AvgIpc) is 2.95. The number of hydrogen-bond acceptors (Lipinski definition) is 4. The van der Waals surface area contributed by atoms with Gasteiger partial charge in [0.1, 0.15) is 5.01 Å². The Morgan fingerprint density at radius 3 is 3.17 bits per heavy atom. The number of rotatable bonds is 3. The van der Waals surface area contributed by atoms with Crippen molar-refractivity contribution in [2.75, 3.05) is 6.54 Å². The summed E-state index contributed by atoms with van der Waals surface area (Å²) < 4.78 is 0. The summed E-state index contributed by atoms with van der Waals surface area (Å²) in [4.78, 5) is 7.48. The lowest BCUT2D eigenvalue weighted by Gasteiger charge is -2.21. The molecule has 0 fully saturated rings. The second-order valence-corrected chi connectivity index (χ2v) is 6.89. The van der Waals surface area contributed by atoms with Gasteiger partial charge in [-0.05, 0) is 31.9 Å². The van der Waals surface area contributed by atoms with Gasteiger partial charge in [0.25, 0.3) is 0 Å². The molecule has 0 saturated heterocycles. The third-order valence-corrected chi connectivity index (χ3v) is 5.76. The highest BCUT2D eigenvalue weighted by Crippen LogP contribution is 2.39. The molecule has 1 unspecified atom stereocenters. The van der Waals surface area contributed by atoms with Crippen molar-refractivity contribution in [1.82, 2.24) is 10.3 Å². The van der Waals surface area contributed by atoms with Crippen LogP contribution < -0.4 is 5.32 Å². The topological polar surface area (TPSA) is 24.9 Å². The van der Waals surface area contributed by atoms with Gasteiger partial charge in [0.15, 0.2) is 0 Å². The highest BCUT2D eigenvalue weighted by Gasteiger charge is 2.24. The highest BCUT2D eigenvalue weighted by atomic mass is 35.5. The Hall–Kier alpha value is -0.420. The van der Waals surface area contributed by atoms with Crippen LogP contribution in [0, 0.1) is 0 Å². The van der Waals surface area contributed by atoms with Crippen LogP contribution in [-0.4, -0.2) is 11.5 Å². The maximum Gasteiger partial charge on any atom is 0.134 e. The van der Waals surface area contributed by atoms with Crippen LogP contribution in [0.1, 0.15) is 36.4 Å². The van der Waals surface area contributed by atoms with Gasteiger partial charge in [-0.3, -0.25) is 0 Å². The third-order valence-electron chi connectivity index (χ3n) is 3.18. The number of halogens is 1. The number of nitrogens with one attached hydrogen (secondary N) is 1. The lowest BCUT2D eigenvalue weighted by Crippen LogP contribution is -2.24. The first-order valence-corrected chi connectivity index (χ1v) is 8.32. The average molecular weight is 299 g/mol. The van der Waals surface area contributed by atoms with E-state index in [1.54, 1.807) is 11.3 Å². The molecule has 18 heavy (non-hydrogen) atoms. The number of hydrogen-bond donors (Lipinski definition) is 1. The molecule has 0 amide bonds. The Balaban J connectivity index is 1.95. The predicted molar refractivity (Wildman–Crippen MR) is 79.8 cm³/mol. The molecule has 2 nitrogen and oxygen atoms in total. The van der Waals surface area contributed by atoms with Crippen molar-refractivity contribution >= 4 is 34.3 Å². The number of aryl methyl sites for hydroxylation is 1. The molecule has 0 bridgehead atoms. The van der Waals surface area contributed by atoms with E-state index in [0.29, 0.717) is 6.04 Å². The van der Waals surface area contributed by atoms with E-state index in [4.69, 9.17) is 16.6 Å². The number of fused-ring (bicyclic) bond motifs is 1. The van der Waals surface area contributed by atoms with Gasteiger partial charge in [0.2, 0.25) is 0 Å². The molecule has 1 atom stereocenters. The van der Waals surface area contributed by atoms with E-state index in [1.165, 1.54) is 34.7 Å². The smallest absolute Gasteiger partial charge is 0.134 e. The van der Waals surface area contributed by atoms with Crippen LogP contribution in [-0.2, 0) is 6.42 Å². The van der Waals surface area contributed by atoms with Gasteiger partial charge in [0.05, 0.1) is 21.6 Å². The van der Waals surface area contributed by atoms with E-state index in [0.717, 1.165) is 16.6 Å². The Labute approximate surface area is 120 Å². The Bertz CT molecular complexity index is 547. The minimum Gasteiger partial charge on any atom is -0.309 e. The molecule has 2 heterocycles. The van der Waals surface area contributed by atoms with Crippen molar-refractivity contribution in [3.05, 3.63) is 27.0 Å². The molecule has 2 aromatic rings. The fraction of sp³-hybridized carbons (Fsp3) is 0.462. The van der Waals surface area contributed by atoms with E-state index in [1.807, 2.05) is 22.8 Å². The molecule has 0 radical (unpaired) electrons. The normalized spacial score (nSPS) is 18.9. The zero-order valence-electron chi connectivity index (χ0n) is 10.2. The zero-order chi connectivity index (χ0) is 12.5. The van der Waals surface area contributed by atoms with Gasteiger partial charge in [-0.1, -0.05) is 18.5 Å². The Kier molecular flexibility index (Phi) is 3.71. The number of thiazole rings is 1. The lowest BCUT2D eigenvalue weighted by atomic mass is 9.98. The van der Waals surface area contributed by atoms with Crippen LogP contribution in [0.4, 0.5) is 0 Å². The van der Waals surface area contributed by atoms with Crippen molar-refractivity contribution in [2.45, 2.75) is 32.2 Å². The summed E-state index contributed by atoms with van der Waals surface area (Å²) in [5.74, 6) is 0. The zero-order valence-corrected chi connectivity index (χ0v) is 12.6. The molecule has 1 aliphatic carbocycles. The van der Waals surface area contributed by atoms with Gasteiger partial charge in [-0.25, -0.2) is 4.98 Å². The molecular formula is C13H15ClN2S2. The van der Waals surface area contributed by atoms with Gasteiger partial charge < -0.3 is 5.32 Å². The summed E-state index contributed by atoms with van der Waals surface area (Å²) in [5, 5.41) is 7.44. The molecule has 0 aliphatic heterocycles. The van der Waals surface area contributed by atoms with Crippen molar-refractivity contribution in [3.63, 3.8) is 0 Å². The Morgan fingerprint density at radius 1 is 1.56 bits per heavy atom. The first kappa shape index (κ1) is 12.6.